The predicted molar refractivity (Wildman–Crippen MR) is 105 cm³/mol. The van der Waals surface area contributed by atoms with E-state index >= 15 is 0 Å². The third-order valence-corrected chi connectivity index (χ3v) is 5.45. The molecule has 2 aliphatic heterocycles. The van der Waals surface area contributed by atoms with Crippen molar-refractivity contribution in [1.82, 2.24) is 4.90 Å². The van der Waals surface area contributed by atoms with Gasteiger partial charge < -0.3 is 19.3 Å². The number of carbonyl (C=O) groups is 1. The summed E-state index contributed by atoms with van der Waals surface area (Å²) < 4.78 is 17.0. The minimum atomic E-state index is -0.879. The molecule has 1 atom stereocenters. The second kappa shape index (κ2) is 8.10. The molecular weight excluding hydrogens is 358 g/mol. The Balaban J connectivity index is 1.51. The first-order valence-electron chi connectivity index (χ1n) is 9.66. The molecule has 0 bridgehead atoms. The fourth-order valence-electron chi connectivity index (χ4n) is 4.06. The maximum atomic E-state index is 11.3. The van der Waals surface area contributed by atoms with Crippen molar-refractivity contribution in [2.75, 3.05) is 33.4 Å². The van der Waals surface area contributed by atoms with Crippen molar-refractivity contribution in [2.45, 2.75) is 25.3 Å². The van der Waals surface area contributed by atoms with Crippen LogP contribution < -0.4 is 14.2 Å². The van der Waals surface area contributed by atoms with Gasteiger partial charge in [-0.1, -0.05) is 12.1 Å². The van der Waals surface area contributed by atoms with E-state index in [4.69, 9.17) is 14.2 Å². The number of fused-ring (bicyclic) bond motifs is 1. The van der Waals surface area contributed by atoms with Crippen LogP contribution in [0.1, 0.15) is 40.2 Å². The molecule has 0 saturated carbocycles. The number of carboxylic acids is 1. The summed E-state index contributed by atoms with van der Waals surface area (Å²) in [6.45, 7) is 3.77. The molecule has 28 heavy (non-hydrogen) atoms. The molecule has 0 aliphatic carbocycles. The number of ether oxygens (including phenoxy) is 3. The molecule has 0 spiro atoms. The van der Waals surface area contributed by atoms with E-state index in [9.17, 15) is 9.90 Å². The number of benzene rings is 2. The topological polar surface area (TPSA) is 68.2 Å². The maximum absolute atomic E-state index is 11.3. The molecule has 1 saturated heterocycles. The van der Waals surface area contributed by atoms with Crippen LogP contribution >= 0.6 is 0 Å². The van der Waals surface area contributed by atoms with Crippen LogP contribution in [0.4, 0.5) is 0 Å². The molecular formula is C22H25NO5. The molecule has 2 heterocycles. The van der Waals surface area contributed by atoms with Gasteiger partial charge in [0.25, 0.3) is 0 Å². The fraction of sp³-hybridized carbons (Fsp3) is 0.409. The third-order valence-electron chi connectivity index (χ3n) is 5.45. The molecule has 6 nitrogen and oxygen atoms in total. The Morgan fingerprint density at radius 1 is 1.21 bits per heavy atom. The Hall–Kier alpha value is -2.73. The number of hydrogen-bond donors (Lipinski definition) is 1. The van der Waals surface area contributed by atoms with Crippen LogP contribution in [-0.2, 0) is 6.54 Å². The van der Waals surface area contributed by atoms with Crippen LogP contribution in [0.15, 0.2) is 36.4 Å². The quantitative estimate of drug-likeness (QED) is 0.852. The highest BCUT2D eigenvalue weighted by Crippen LogP contribution is 2.38. The molecule has 4 rings (SSSR count). The van der Waals surface area contributed by atoms with Crippen LogP contribution in [0.5, 0.6) is 17.2 Å². The standard InChI is InChI=1S/C22H25NO5/c1-26-19-12-21-20(27-8-9-28-21)11-18(19)14-23-7-3-6-17(13-23)15-4-2-5-16(10-15)22(24)25/h2,4-5,10-12,17H,3,6-9,13-14H2,1H3,(H,24,25). The van der Waals surface area contributed by atoms with Gasteiger partial charge in [0.2, 0.25) is 0 Å². The summed E-state index contributed by atoms with van der Waals surface area (Å²) in [6, 6.07) is 11.2. The number of nitrogens with zero attached hydrogens (tertiary/aromatic N) is 1. The van der Waals surface area contributed by atoms with E-state index in [-0.39, 0.29) is 0 Å². The van der Waals surface area contributed by atoms with Gasteiger partial charge in [0, 0.05) is 24.7 Å². The van der Waals surface area contributed by atoms with Crippen molar-refractivity contribution in [2.24, 2.45) is 0 Å². The molecule has 2 aromatic carbocycles. The highest BCUT2D eigenvalue weighted by atomic mass is 16.6. The second-order valence-corrected chi connectivity index (χ2v) is 7.31. The van der Waals surface area contributed by atoms with Crippen molar-refractivity contribution >= 4 is 5.97 Å². The molecule has 2 aromatic rings. The van der Waals surface area contributed by atoms with Crippen LogP contribution in [0.2, 0.25) is 0 Å². The Morgan fingerprint density at radius 3 is 2.75 bits per heavy atom. The lowest BCUT2D eigenvalue weighted by atomic mass is 9.89. The maximum Gasteiger partial charge on any atom is 0.335 e. The Morgan fingerprint density at radius 2 is 2.00 bits per heavy atom. The Bertz CT molecular complexity index is 866. The average Bonchev–Trinajstić information content (AvgIpc) is 2.73. The summed E-state index contributed by atoms with van der Waals surface area (Å²) >= 11 is 0. The van der Waals surface area contributed by atoms with E-state index < -0.39 is 5.97 Å². The zero-order valence-corrected chi connectivity index (χ0v) is 16.0. The molecule has 0 amide bonds. The van der Waals surface area contributed by atoms with Crippen LogP contribution in [0.25, 0.3) is 0 Å². The summed E-state index contributed by atoms with van der Waals surface area (Å²) in [5.41, 5.74) is 2.52. The lowest BCUT2D eigenvalue weighted by Crippen LogP contribution is -2.34. The van der Waals surface area contributed by atoms with Crippen molar-refractivity contribution in [3.63, 3.8) is 0 Å². The SMILES string of the molecule is COc1cc2c(cc1CN1CCCC(c3cccc(C(=O)O)c3)C1)OCCO2. The number of hydrogen-bond acceptors (Lipinski definition) is 5. The Labute approximate surface area is 164 Å². The molecule has 0 radical (unpaired) electrons. The summed E-state index contributed by atoms with van der Waals surface area (Å²) in [7, 11) is 1.67. The van der Waals surface area contributed by atoms with E-state index in [2.05, 4.69) is 4.90 Å². The monoisotopic (exact) mass is 383 g/mol. The van der Waals surface area contributed by atoms with Gasteiger partial charge in [0.05, 0.1) is 12.7 Å². The third kappa shape index (κ3) is 3.92. The number of carboxylic acid groups (broad SMARTS) is 1. The van der Waals surface area contributed by atoms with Crippen molar-refractivity contribution in [3.8, 4) is 17.2 Å². The molecule has 1 fully saturated rings. The summed E-state index contributed by atoms with van der Waals surface area (Å²) in [5, 5.41) is 9.26. The van der Waals surface area contributed by atoms with E-state index in [1.54, 1.807) is 19.2 Å². The summed E-state index contributed by atoms with van der Waals surface area (Å²) in [6.07, 6.45) is 2.15. The summed E-state index contributed by atoms with van der Waals surface area (Å²) in [5.74, 6) is 1.75. The van der Waals surface area contributed by atoms with Gasteiger partial charge in [-0.15, -0.1) is 0 Å². The Kier molecular flexibility index (Phi) is 5.39. The lowest BCUT2D eigenvalue weighted by molar-refractivity contribution is 0.0696. The highest BCUT2D eigenvalue weighted by Gasteiger charge is 2.24. The number of aromatic carboxylic acids is 1. The van der Waals surface area contributed by atoms with Crippen molar-refractivity contribution in [3.05, 3.63) is 53.1 Å². The van der Waals surface area contributed by atoms with Gasteiger partial charge in [0.1, 0.15) is 19.0 Å². The van der Waals surface area contributed by atoms with Crippen LogP contribution in [0.3, 0.4) is 0 Å². The molecule has 1 N–H and O–H groups in total. The number of rotatable bonds is 5. The highest BCUT2D eigenvalue weighted by molar-refractivity contribution is 5.87. The van der Waals surface area contributed by atoms with Crippen LogP contribution in [0, 0.1) is 0 Å². The smallest absolute Gasteiger partial charge is 0.335 e. The minimum absolute atomic E-state index is 0.330. The molecule has 148 valence electrons. The van der Waals surface area contributed by atoms with E-state index in [1.165, 1.54) is 0 Å². The normalized spacial score (nSPS) is 19.2. The second-order valence-electron chi connectivity index (χ2n) is 7.31. The first-order valence-corrected chi connectivity index (χ1v) is 9.66. The molecule has 1 unspecified atom stereocenters. The minimum Gasteiger partial charge on any atom is -0.496 e. The molecule has 2 aliphatic rings. The van der Waals surface area contributed by atoms with Gasteiger partial charge in [0.15, 0.2) is 11.5 Å². The van der Waals surface area contributed by atoms with E-state index in [0.717, 1.165) is 60.9 Å². The van der Waals surface area contributed by atoms with Gasteiger partial charge in [-0.05, 0) is 49.1 Å². The van der Waals surface area contributed by atoms with Crippen molar-refractivity contribution in [1.29, 1.82) is 0 Å². The molecule has 6 heteroatoms. The number of piperidine rings is 1. The fourth-order valence-corrected chi connectivity index (χ4v) is 4.06. The van der Waals surface area contributed by atoms with Gasteiger partial charge in [-0.3, -0.25) is 4.90 Å². The predicted octanol–water partition coefficient (Wildman–Crippen LogP) is 3.54. The number of likely N-dealkylation sites (tertiary alicyclic amines) is 1. The summed E-state index contributed by atoms with van der Waals surface area (Å²) in [4.78, 5) is 13.7. The van der Waals surface area contributed by atoms with E-state index in [1.807, 2.05) is 24.3 Å². The van der Waals surface area contributed by atoms with Gasteiger partial charge in [-0.25, -0.2) is 4.79 Å². The average molecular weight is 383 g/mol. The van der Waals surface area contributed by atoms with Crippen LogP contribution in [-0.4, -0.2) is 49.4 Å². The number of methoxy groups -OCH3 is 1. The first-order chi connectivity index (χ1) is 13.6. The van der Waals surface area contributed by atoms with Gasteiger partial charge in [-0.2, -0.15) is 0 Å². The van der Waals surface area contributed by atoms with E-state index in [0.29, 0.717) is 24.7 Å². The first kappa shape index (κ1) is 18.6. The molecule has 0 aromatic heterocycles. The van der Waals surface area contributed by atoms with Crippen molar-refractivity contribution < 1.29 is 24.1 Å². The largest absolute Gasteiger partial charge is 0.496 e. The lowest BCUT2D eigenvalue weighted by Gasteiger charge is -2.33. The zero-order chi connectivity index (χ0) is 19.5. The van der Waals surface area contributed by atoms with Gasteiger partial charge >= 0.3 is 5.97 Å². The zero-order valence-electron chi connectivity index (χ0n) is 16.0.